The Morgan fingerprint density at radius 2 is 0.983 bits per heavy atom. The van der Waals surface area contributed by atoms with Crippen LogP contribution in [0.3, 0.4) is 0 Å². The van der Waals surface area contributed by atoms with E-state index in [9.17, 15) is 45.6 Å². The number of halogens is 1. The van der Waals surface area contributed by atoms with E-state index >= 15 is 0 Å². The second kappa shape index (κ2) is 17.7. The third-order valence-electron chi connectivity index (χ3n) is 8.66. The van der Waals surface area contributed by atoms with Crippen LogP contribution < -0.4 is 44.2 Å². The molecule has 58 heavy (non-hydrogen) atoms. The number of aromatic amines is 1. The molecule has 0 aromatic carbocycles. The molecule has 0 radical (unpaired) electrons. The molecule has 0 saturated carbocycles. The number of hydrogen-bond acceptors (Lipinski definition) is 14. The molecule has 0 fully saturated rings. The van der Waals surface area contributed by atoms with Crippen LogP contribution in [0, 0.1) is 4.77 Å². The second-order valence-corrected chi connectivity index (χ2v) is 17.2. The summed E-state index contributed by atoms with van der Waals surface area (Å²) in [5, 5.41) is -0.762. The average Bonchev–Trinajstić information content (AvgIpc) is 3.82. The Morgan fingerprint density at radius 3 is 1.38 bits per heavy atom. The summed E-state index contributed by atoms with van der Waals surface area (Å²) >= 11 is 5.00. The Labute approximate surface area is 338 Å². The van der Waals surface area contributed by atoms with Crippen molar-refractivity contribution in [3.63, 3.8) is 0 Å². The van der Waals surface area contributed by atoms with E-state index in [1.54, 1.807) is 18.7 Å². The van der Waals surface area contributed by atoms with Gasteiger partial charge < -0.3 is 24.4 Å². The molecule has 24 nitrogen and oxygen atoms in total. The van der Waals surface area contributed by atoms with Gasteiger partial charge in [-0.25, -0.2) is 35.9 Å². The van der Waals surface area contributed by atoms with Crippen molar-refractivity contribution < 1.29 is 16.8 Å². The average molecular weight is 893 g/mol. The number of aromatic nitrogens is 12. The first-order valence-electron chi connectivity index (χ1n) is 17.0. The van der Waals surface area contributed by atoms with Crippen LogP contribution in [-0.2, 0) is 82.5 Å². The molecule has 6 heterocycles. The van der Waals surface area contributed by atoms with Gasteiger partial charge in [-0.05, 0) is 31.6 Å². The molecule has 4 N–H and O–H groups in total. The Bertz CT molecular complexity index is 3220. The highest BCUT2D eigenvalue weighted by Gasteiger charge is 2.26. The van der Waals surface area contributed by atoms with Gasteiger partial charge in [-0.15, -0.1) is 0 Å². The summed E-state index contributed by atoms with van der Waals surface area (Å²) in [6, 6.07) is 0. The first-order valence-corrected chi connectivity index (χ1v) is 21.2. The highest BCUT2D eigenvalue weighted by Crippen LogP contribution is 2.17. The van der Waals surface area contributed by atoms with Crippen molar-refractivity contribution in [3.8, 4) is 0 Å². The summed E-state index contributed by atoms with van der Waals surface area (Å²) < 4.78 is 60.0. The Morgan fingerprint density at radius 1 is 0.603 bits per heavy atom. The molecule has 0 saturated heterocycles. The second-order valence-electron chi connectivity index (χ2n) is 12.7. The SMILES string of the molecule is CCCN.CCCNS(=O)(=O)c1nc2c(c(=O)n(C)c(=O)n2C)n1C.Cn1c(=O)c2c([nH]c(=S)n2C)n(C)c1=O.Cn1c(=O)c2c(nc(S(=O)(=O)Cl)n2C)n(C)c1=O. The standard InChI is InChI=1S/C11H17N5O4S.C8H9ClN4O4S.C8H10N4O2S.C3H9N/c1-5-6-12-21(19,20)10-13-8-7(14(10)2)9(17)16(4)11(18)15(8)3;1-11-4-5(10-7(11)18(9,16)17)12(2)8(15)13(3)6(4)14;1-10-4-5(9-7(10)15)11(2)8(14)12(3)6(4)13;1-2-3-4/h12H,5-6H2,1-4H3;1-3H3;1-3H3,(H,9,15);2-4H2,1H3. The summed E-state index contributed by atoms with van der Waals surface area (Å²) in [7, 11) is 10.2. The largest absolute Gasteiger partial charge is 0.332 e. The van der Waals surface area contributed by atoms with Crippen LogP contribution in [0.5, 0.6) is 0 Å². The van der Waals surface area contributed by atoms with Crippen LogP contribution in [0.4, 0.5) is 0 Å². The molecule has 0 aliphatic heterocycles. The number of nitrogens with zero attached hydrogens (tertiary/aromatic N) is 11. The monoisotopic (exact) mass is 892 g/mol. The van der Waals surface area contributed by atoms with Crippen molar-refractivity contribution in [2.45, 2.75) is 37.0 Å². The van der Waals surface area contributed by atoms with E-state index in [1.165, 1.54) is 58.5 Å². The van der Waals surface area contributed by atoms with E-state index in [4.69, 9.17) is 28.6 Å². The minimum absolute atomic E-state index is 0.00109. The van der Waals surface area contributed by atoms with Gasteiger partial charge in [0.05, 0.1) is 0 Å². The maximum Gasteiger partial charge on any atom is 0.332 e. The third kappa shape index (κ3) is 8.63. The predicted octanol–water partition coefficient (Wildman–Crippen LogP) is -2.45. The maximum absolute atomic E-state index is 12.2. The van der Waals surface area contributed by atoms with Crippen LogP contribution in [-0.4, -0.2) is 86.0 Å². The number of fused-ring (bicyclic) bond motifs is 3. The summed E-state index contributed by atoms with van der Waals surface area (Å²) in [5.41, 5.74) is 2.89. The van der Waals surface area contributed by atoms with Gasteiger partial charge in [-0.3, -0.25) is 41.8 Å². The molecule has 0 atom stereocenters. The van der Waals surface area contributed by atoms with Crippen LogP contribution in [0.1, 0.15) is 26.7 Å². The molecule has 0 amide bonds. The van der Waals surface area contributed by atoms with E-state index in [2.05, 4.69) is 26.6 Å². The smallest absolute Gasteiger partial charge is 0.330 e. The molecular formula is C30H45ClN14O10S3. The van der Waals surface area contributed by atoms with E-state index in [-0.39, 0.29) is 45.3 Å². The fourth-order valence-corrected chi connectivity index (χ4v) is 7.79. The molecule has 6 aromatic rings. The maximum atomic E-state index is 12.2. The highest BCUT2D eigenvalue weighted by atomic mass is 35.7. The molecule has 28 heteroatoms. The lowest BCUT2D eigenvalue weighted by atomic mass is 10.5. The van der Waals surface area contributed by atoms with Crippen LogP contribution in [0.2, 0.25) is 0 Å². The molecule has 320 valence electrons. The Hall–Kier alpha value is -5.22. The number of rotatable bonds is 6. The quantitative estimate of drug-likeness (QED) is 0.116. The van der Waals surface area contributed by atoms with E-state index in [1.807, 2.05) is 6.92 Å². The molecule has 0 bridgehead atoms. The van der Waals surface area contributed by atoms with Gasteiger partial charge >= 0.3 is 17.1 Å². The lowest BCUT2D eigenvalue weighted by Crippen LogP contribution is -2.37. The van der Waals surface area contributed by atoms with Crippen LogP contribution in [0.25, 0.3) is 33.5 Å². The topological polar surface area (TPSA) is 295 Å². The van der Waals surface area contributed by atoms with Gasteiger partial charge in [-0.2, -0.15) is 9.97 Å². The molecule has 0 spiro atoms. The predicted molar refractivity (Wildman–Crippen MR) is 219 cm³/mol. The van der Waals surface area contributed by atoms with E-state index < -0.39 is 46.7 Å². The zero-order valence-corrected chi connectivity index (χ0v) is 36.7. The minimum Gasteiger partial charge on any atom is -0.330 e. The van der Waals surface area contributed by atoms with Gasteiger partial charge in [0, 0.05) is 80.7 Å². The van der Waals surface area contributed by atoms with Gasteiger partial charge in [0.2, 0.25) is 10.3 Å². The molecular weight excluding hydrogens is 848 g/mol. The van der Waals surface area contributed by atoms with Crippen molar-refractivity contribution in [3.05, 3.63) is 67.3 Å². The summed E-state index contributed by atoms with van der Waals surface area (Å²) in [5.74, 6) is 0. The third-order valence-corrected chi connectivity index (χ3v) is 11.7. The molecule has 0 unspecified atom stereocenters. The normalized spacial score (nSPS) is 11.6. The Balaban J connectivity index is 0.000000225. The number of sulfonamides is 1. The van der Waals surface area contributed by atoms with Crippen molar-refractivity contribution in [2.75, 3.05) is 13.1 Å². The Kier molecular flexibility index (Phi) is 14.4. The van der Waals surface area contributed by atoms with Gasteiger partial charge in [0.15, 0.2) is 32.6 Å². The zero-order chi connectivity index (χ0) is 44.5. The molecule has 0 aliphatic rings. The number of aryl methyl sites for hydroxylation is 6. The van der Waals surface area contributed by atoms with Crippen molar-refractivity contribution in [2.24, 2.45) is 69.2 Å². The van der Waals surface area contributed by atoms with Gasteiger partial charge in [0.25, 0.3) is 35.8 Å². The van der Waals surface area contributed by atoms with Crippen LogP contribution >= 0.6 is 22.9 Å². The lowest BCUT2D eigenvalue weighted by Gasteiger charge is -2.05. The molecule has 6 aromatic heterocycles. The van der Waals surface area contributed by atoms with Crippen molar-refractivity contribution in [1.29, 1.82) is 0 Å². The summed E-state index contributed by atoms with van der Waals surface area (Å²) in [6.07, 6.45) is 1.73. The molecule has 6 rings (SSSR count). The minimum atomic E-state index is -4.09. The number of imidazole rings is 3. The highest BCUT2D eigenvalue weighted by molar-refractivity contribution is 8.13. The first kappa shape index (κ1) is 47.2. The summed E-state index contributed by atoms with van der Waals surface area (Å²) in [6.45, 7) is 4.97. The number of nitrogens with two attached hydrogens (primary N) is 1. The van der Waals surface area contributed by atoms with E-state index in [0.717, 1.165) is 40.4 Å². The fraction of sp³-hybridized carbons (Fsp3) is 0.500. The van der Waals surface area contributed by atoms with E-state index in [0.29, 0.717) is 22.4 Å². The van der Waals surface area contributed by atoms with Crippen molar-refractivity contribution >= 4 is 75.5 Å². The van der Waals surface area contributed by atoms with Gasteiger partial charge in [0.1, 0.15) is 5.65 Å². The van der Waals surface area contributed by atoms with Crippen molar-refractivity contribution in [1.82, 2.24) is 60.8 Å². The van der Waals surface area contributed by atoms with Gasteiger partial charge in [-0.1, -0.05) is 13.8 Å². The zero-order valence-electron chi connectivity index (χ0n) is 33.5. The first-order chi connectivity index (χ1) is 26.7. The number of H-pyrrole nitrogens is 1. The molecule has 0 aliphatic carbocycles. The number of nitrogens with one attached hydrogen (secondary N) is 2. The van der Waals surface area contributed by atoms with Crippen LogP contribution in [0.15, 0.2) is 39.1 Å². The lowest BCUT2D eigenvalue weighted by molar-refractivity contribution is 0.565. The summed E-state index contributed by atoms with van der Waals surface area (Å²) in [4.78, 5) is 81.5. The fourth-order valence-electron chi connectivity index (χ4n) is 5.31. The number of hydrogen-bond donors (Lipinski definition) is 3.